The Labute approximate surface area is 175 Å². The van der Waals surface area contributed by atoms with Crippen LogP contribution in [0.1, 0.15) is 50.0 Å². The van der Waals surface area contributed by atoms with Gasteiger partial charge in [-0.25, -0.2) is 9.98 Å². The van der Waals surface area contributed by atoms with E-state index in [1.807, 2.05) is 6.92 Å². The number of rotatable bonds is 8. The highest BCUT2D eigenvalue weighted by Crippen LogP contribution is 2.29. The van der Waals surface area contributed by atoms with Crippen LogP contribution < -0.4 is 10.6 Å². The number of hydrogen-bond donors (Lipinski definition) is 2. The van der Waals surface area contributed by atoms with Gasteiger partial charge in [-0.1, -0.05) is 13.0 Å². The summed E-state index contributed by atoms with van der Waals surface area (Å²) in [5.41, 5.74) is 0. The Bertz CT molecular complexity index is 753. The highest BCUT2D eigenvalue weighted by atomic mass is 32.1. The van der Waals surface area contributed by atoms with Crippen LogP contribution in [0.3, 0.4) is 0 Å². The third-order valence-electron chi connectivity index (χ3n) is 5.28. The summed E-state index contributed by atoms with van der Waals surface area (Å²) in [5, 5.41) is 8.72. The van der Waals surface area contributed by atoms with Gasteiger partial charge in [-0.2, -0.15) is 8.78 Å². The van der Waals surface area contributed by atoms with Gasteiger partial charge in [0.25, 0.3) is 0 Å². The molecule has 1 fully saturated rings. The molecule has 3 heterocycles. The molecule has 0 aromatic carbocycles. The number of alkyl halides is 2. The molecule has 29 heavy (non-hydrogen) atoms. The van der Waals surface area contributed by atoms with Gasteiger partial charge in [0.15, 0.2) is 5.96 Å². The van der Waals surface area contributed by atoms with E-state index in [0.717, 1.165) is 23.6 Å². The quantitative estimate of drug-likeness (QED) is 0.499. The first-order valence-corrected chi connectivity index (χ1v) is 11.1. The molecule has 0 radical (unpaired) electrons. The van der Waals surface area contributed by atoms with Crippen LogP contribution in [-0.4, -0.2) is 46.6 Å². The summed E-state index contributed by atoms with van der Waals surface area (Å²) in [7, 11) is 0. The predicted octanol–water partition coefficient (Wildman–Crippen LogP) is 3.87. The number of aromatic nitrogens is 2. The first-order valence-electron chi connectivity index (χ1n) is 10.2. The number of guanidine groups is 1. The Morgan fingerprint density at radius 2 is 2.14 bits per heavy atom. The molecule has 1 atom stereocenters. The van der Waals surface area contributed by atoms with Gasteiger partial charge >= 0.3 is 6.55 Å². The topological polar surface area (TPSA) is 57.5 Å². The second kappa shape index (κ2) is 10.7. The number of piperidine rings is 1. The van der Waals surface area contributed by atoms with E-state index in [2.05, 4.69) is 49.9 Å². The van der Waals surface area contributed by atoms with Crippen LogP contribution in [-0.2, 0) is 6.54 Å². The highest BCUT2D eigenvalue weighted by Gasteiger charge is 2.25. The molecular weight excluding hydrogens is 394 g/mol. The van der Waals surface area contributed by atoms with Gasteiger partial charge in [-0.3, -0.25) is 9.47 Å². The minimum atomic E-state index is -2.61. The predicted molar refractivity (Wildman–Crippen MR) is 113 cm³/mol. The van der Waals surface area contributed by atoms with E-state index in [9.17, 15) is 8.78 Å². The standard InChI is InChI=1S/C20H30F2N6S/c1-3-23-20(26-14-18-24-8-11-28(18)19(21)22)25-13-16(17-5-4-12-29-17)27-9-6-15(2)7-10-27/h4-5,8,11-12,15-16,19H,3,6-7,9-10,13-14H2,1-2H3,(H2,23,25,26). The molecule has 160 valence electrons. The number of halogens is 2. The van der Waals surface area contributed by atoms with Gasteiger partial charge in [0.2, 0.25) is 0 Å². The van der Waals surface area contributed by atoms with Crippen molar-refractivity contribution in [3.63, 3.8) is 0 Å². The minimum absolute atomic E-state index is 0.0948. The summed E-state index contributed by atoms with van der Waals surface area (Å²) in [6, 6.07) is 4.54. The summed E-state index contributed by atoms with van der Waals surface area (Å²) < 4.78 is 26.9. The van der Waals surface area contributed by atoms with Crippen molar-refractivity contribution < 1.29 is 8.78 Å². The Balaban J connectivity index is 1.67. The summed E-state index contributed by atoms with van der Waals surface area (Å²) in [5.74, 6) is 1.64. The maximum Gasteiger partial charge on any atom is 0.319 e. The first-order chi connectivity index (χ1) is 14.1. The zero-order chi connectivity index (χ0) is 20.6. The van der Waals surface area contributed by atoms with Crippen LogP contribution in [0.25, 0.3) is 0 Å². The maximum absolute atomic E-state index is 13.0. The average Bonchev–Trinajstić information content (AvgIpc) is 3.39. The maximum atomic E-state index is 13.0. The molecule has 1 unspecified atom stereocenters. The van der Waals surface area contributed by atoms with E-state index in [1.54, 1.807) is 11.3 Å². The molecule has 1 saturated heterocycles. The van der Waals surface area contributed by atoms with Crippen molar-refractivity contribution in [3.05, 3.63) is 40.6 Å². The number of hydrogen-bond acceptors (Lipinski definition) is 4. The SMILES string of the molecule is CCNC(=NCc1nccn1C(F)F)NCC(c1cccs1)N1CCC(C)CC1. The number of nitrogens with one attached hydrogen (secondary N) is 2. The molecule has 2 aromatic rings. The lowest BCUT2D eigenvalue weighted by Crippen LogP contribution is -2.45. The molecule has 0 bridgehead atoms. The summed E-state index contributed by atoms with van der Waals surface area (Å²) >= 11 is 1.77. The molecule has 9 heteroatoms. The van der Waals surface area contributed by atoms with Crippen molar-refractivity contribution in [2.45, 2.75) is 45.8 Å². The molecule has 3 rings (SSSR count). The van der Waals surface area contributed by atoms with Crippen molar-refractivity contribution in [2.75, 3.05) is 26.2 Å². The number of aliphatic imine (C=N–C) groups is 1. The Hall–Kier alpha value is -2.00. The lowest BCUT2D eigenvalue weighted by Gasteiger charge is -2.36. The zero-order valence-corrected chi connectivity index (χ0v) is 17.8. The average molecular weight is 425 g/mol. The fourth-order valence-electron chi connectivity index (χ4n) is 3.56. The summed E-state index contributed by atoms with van der Waals surface area (Å²) in [6.07, 6.45) is 5.08. The van der Waals surface area contributed by atoms with Crippen molar-refractivity contribution in [3.8, 4) is 0 Å². The number of nitrogens with zero attached hydrogens (tertiary/aromatic N) is 4. The lowest BCUT2D eigenvalue weighted by molar-refractivity contribution is 0.0671. The van der Waals surface area contributed by atoms with Crippen molar-refractivity contribution in [2.24, 2.45) is 10.9 Å². The van der Waals surface area contributed by atoms with Gasteiger partial charge in [-0.05, 0) is 50.2 Å². The highest BCUT2D eigenvalue weighted by molar-refractivity contribution is 7.10. The molecule has 6 nitrogen and oxygen atoms in total. The molecular formula is C20H30F2N6S. The molecule has 0 saturated carbocycles. The first kappa shape index (κ1) is 21.7. The molecule has 1 aliphatic heterocycles. The Morgan fingerprint density at radius 1 is 1.34 bits per heavy atom. The van der Waals surface area contributed by atoms with Crippen LogP contribution >= 0.6 is 11.3 Å². The van der Waals surface area contributed by atoms with E-state index < -0.39 is 6.55 Å². The van der Waals surface area contributed by atoms with Crippen molar-refractivity contribution >= 4 is 17.3 Å². The zero-order valence-electron chi connectivity index (χ0n) is 17.0. The van der Waals surface area contributed by atoms with Gasteiger partial charge in [0.1, 0.15) is 12.4 Å². The molecule has 2 aromatic heterocycles. The largest absolute Gasteiger partial charge is 0.357 e. The number of imidazole rings is 1. The van der Waals surface area contributed by atoms with E-state index in [4.69, 9.17) is 0 Å². The van der Waals surface area contributed by atoms with Crippen molar-refractivity contribution in [1.82, 2.24) is 25.1 Å². The third-order valence-corrected chi connectivity index (χ3v) is 6.25. The van der Waals surface area contributed by atoms with Crippen LogP contribution in [0.15, 0.2) is 34.9 Å². The third kappa shape index (κ3) is 5.99. The van der Waals surface area contributed by atoms with Crippen molar-refractivity contribution in [1.29, 1.82) is 0 Å². The van der Waals surface area contributed by atoms with Crippen LogP contribution in [0.2, 0.25) is 0 Å². The van der Waals surface area contributed by atoms with Crippen LogP contribution in [0.5, 0.6) is 0 Å². The fourth-order valence-corrected chi connectivity index (χ4v) is 4.42. The number of thiophene rings is 1. The second-order valence-electron chi connectivity index (χ2n) is 7.35. The monoisotopic (exact) mass is 424 g/mol. The minimum Gasteiger partial charge on any atom is -0.357 e. The van der Waals surface area contributed by atoms with Crippen LogP contribution in [0.4, 0.5) is 8.78 Å². The summed E-state index contributed by atoms with van der Waals surface area (Å²) in [4.78, 5) is 12.3. The van der Waals surface area contributed by atoms with E-state index in [-0.39, 0.29) is 18.4 Å². The second-order valence-corrected chi connectivity index (χ2v) is 8.33. The molecule has 2 N–H and O–H groups in total. The van der Waals surface area contributed by atoms with Gasteiger partial charge in [0, 0.05) is 30.4 Å². The molecule has 0 aliphatic carbocycles. The Kier molecular flexibility index (Phi) is 8.00. The lowest BCUT2D eigenvalue weighted by atomic mass is 9.97. The molecule has 0 spiro atoms. The molecule has 1 aliphatic rings. The normalized spacial score (nSPS) is 17.6. The Morgan fingerprint density at radius 3 is 2.79 bits per heavy atom. The number of likely N-dealkylation sites (tertiary alicyclic amines) is 1. The van der Waals surface area contributed by atoms with E-state index in [1.165, 1.54) is 30.1 Å². The molecule has 0 amide bonds. The van der Waals surface area contributed by atoms with E-state index in [0.29, 0.717) is 19.0 Å². The van der Waals surface area contributed by atoms with Gasteiger partial charge < -0.3 is 10.6 Å². The van der Waals surface area contributed by atoms with E-state index >= 15 is 0 Å². The van der Waals surface area contributed by atoms with Gasteiger partial charge in [-0.15, -0.1) is 11.3 Å². The summed E-state index contributed by atoms with van der Waals surface area (Å²) in [6.45, 7) is 5.37. The van der Waals surface area contributed by atoms with Gasteiger partial charge in [0.05, 0.1) is 6.04 Å². The fraction of sp³-hybridized carbons (Fsp3) is 0.600. The smallest absolute Gasteiger partial charge is 0.319 e. The van der Waals surface area contributed by atoms with Crippen LogP contribution in [0, 0.1) is 5.92 Å².